The summed E-state index contributed by atoms with van der Waals surface area (Å²) in [6.45, 7) is 3.95. The van der Waals surface area contributed by atoms with Gasteiger partial charge in [0.15, 0.2) is 0 Å². The zero-order valence-electron chi connectivity index (χ0n) is 18.2. The highest BCUT2D eigenvalue weighted by Crippen LogP contribution is 2.34. The molecule has 0 radical (unpaired) electrons. The molecule has 0 spiro atoms. The van der Waals surface area contributed by atoms with E-state index in [1.165, 1.54) is 19.1 Å². The van der Waals surface area contributed by atoms with Crippen LogP contribution in [0.5, 0.6) is 0 Å². The SMILES string of the molecule is CC1=C(C#N)C(=O)N(CC2CCCO2)C(=O)/C1=C\c1ccc(-c2ccc(C)cc2[N+](=O)[O-])o1. The van der Waals surface area contributed by atoms with Gasteiger partial charge in [0.25, 0.3) is 17.5 Å². The third-order valence-corrected chi connectivity index (χ3v) is 5.76. The maximum absolute atomic E-state index is 13.2. The minimum atomic E-state index is -0.636. The van der Waals surface area contributed by atoms with E-state index in [0.717, 1.165) is 23.3 Å². The van der Waals surface area contributed by atoms with Crippen LogP contribution >= 0.6 is 0 Å². The van der Waals surface area contributed by atoms with Gasteiger partial charge < -0.3 is 9.15 Å². The fourth-order valence-corrected chi connectivity index (χ4v) is 4.01. The van der Waals surface area contributed by atoms with Crippen LogP contribution in [-0.2, 0) is 14.3 Å². The smallest absolute Gasteiger partial charge is 0.280 e. The highest BCUT2D eigenvalue weighted by Gasteiger charge is 2.37. The number of imide groups is 1. The molecule has 1 fully saturated rings. The van der Waals surface area contributed by atoms with E-state index in [9.17, 15) is 25.0 Å². The third kappa shape index (κ3) is 4.21. The first kappa shape index (κ1) is 22.2. The lowest BCUT2D eigenvalue weighted by molar-refractivity contribution is -0.384. The molecule has 0 N–H and O–H groups in total. The lowest BCUT2D eigenvalue weighted by Crippen LogP contribution is -2.46. The highest BCUT2D eigenvalue weighted by molar-refractivity contribution is 6.19. The number of rotatable bonds is 5. The molecule has 1 aromatic carbocycles. The molecular weight excluding hydrogens is 426 g/mol. The molecule has 3 heterocycles. The molecule has 9 nitrogen and oxygen atoms in total. The second-order valence-electron chi connectivity index (χ2n) is 8.01. The Kier molecular flexibility index (Phi) is 5.94. The molecule has 1 saturated heterocycles. The maximum Gasteiger partial charge on any atom is 0.280 e. The van der Waals surface area contributed by atoms with Gasteiger partial charge in [0.05, 0.1) is 23.1 Å². The van der Waals surface area contributed by atoms with Gasteiger partial charge >= 0.3 is 0 Å². The summed E-state index contributed by atoms with van der Waals surface area (Å²) in [4.78, 5) is 37.9. The van der Waals surface area contributed by atoms with Gasteiger partial charge in [-0.25, -0.2) is 0 Å². The number of furan rings is 1. The van der Waals surface area contributed by atoms with E-state index in [4.69, 9.17) is 9.15 Å². The molecule has 2 aliphatic rings. The Bertz CT molecular complexity index is 1260. The second-order valence-corrected chi connectivity index (χ2v) is 8.01. The van der Waals surface area contributed by atoms with Crippen molar-refractivity contribution in [1.29, 1.82) is 5.26 Å². The molecule has 4 rings (SSSR count). The van der Waals surface area contributed by atoms with Crippen molar-refractivity contribution in [3.05, 3.63) is 68.5 Å². The first-order valence-corrected chi connectivity index (χ1v) is 10.5. The lowest BCUT2D eigenvalue weighted by Gasteiger charge is -2.29. The number of benzene rings is 1. The molecule has 9 heteroatoms. The van der Waals surface area contributed by atoms with Crippen LogP contribution in [0.15, 0.2) is 51.5 Å². The number of nitro groups is 1. The fourth-order valence-electron chi connectivity index (χ4n) is 4.01. The Morgan fingerprint density at radius 1 is 1.24 bits per heavy atom. The largest absolute Gasteiger partial charge is 0.456 e. The molecule has 1 aromatic heterocycles. The van der Waals surface area contributed by atoms with Crippen molar-refractivity contribution in [2.45, 2.75) is 32.8 Å². The average Bonchev–Trinajstić information content (AvgIpc) is 3.47. The average molecular weight is 447 g/mol. The van der Waals surface area contributed by atoms with E-state index in [1.54, 1.807) is 31.2 Å². The Labute approximate surface area is 189 Å². The summed E-state index contributed by atoms with van der Waals surface area (Å²) in [7, 11) is 0. The summed E-state index contributed by atoms with van der Waals surface area (Å²) >= 11 is 0. The normalized spacial score (nSPS) is 20.0. The Hall–Kier alpha value is -4.03. The first-order chi connectivity index (χ1) is 15.8. The van der Waals surface area contributed by atoms with Gasteiger partial charge in [-0.05, 0) is 62.1 Å². The number of nitrogens with zero attached hydrogens (tertiary/aromatic N) is 3. The third-order valence-electron chi connectivity index (χ3n) is 5.76. The van der Waals surface area contributed by atoms with E-state index >= 15 is 0 Å². The molecule has 2 amide bonds. The van der Waals surface area contributed by atoms with Crippen molar-refractivity contribution in [2.24, 2.45) is 0 Å². The molecule has 1 atom stereocenters. The molecule has 0 aliphatic carbocycles. The van der Waals surface area contributed by atoms with Gasteiger partial charge in [-0.1, -0.05) is 6.07 Å². The minimum Gasteiger partial charge on any atom is -0.456 e. The predicted octanol–water partition coefficient (Wildman–Crippen LogP) is 3.93. The number of nitriles is 1. The number of carbonyl (C=O) groups is 2. The van der Waals surface area contributed by atoms with E-state index in [0.29, 0.717) is 12.2 Å². The number of hydrogen-bond acceptors (Lipinski definition) is 7. The number of amides is 2. The van der Waals surface area contributed by atoms with Gasteiger partial charge in [0, 0.05) is 18.2 Å². The van der Waals surface area contributed by atoms with Crippen LogP contribution in [0.4, 0.5) is 5.69 Å². The summed E-state index contributed by atoms with van der Waals surface area (Å²) < 4.78 is 11.4. The van der Waals surface area contributed by atoms with Crippen molar-refractivity contribution in [3.8, 4) is 17.4 Å². The van der Waals surface area contributed by atoms with Crippen molar-refractivity contribution in [2.75, 3.05) is 13.2 Å². The van der Waals surface area contributed by atoms with Gasteiger partial charge in [-0.2, -0.15) is 5.26 Å². The standard InChI is InChI=1S/C24H21N3O6/c1-14-5-7-18(21(10-14)27(30)31)22-8-6-16(33-22)11-19-15(2)20(12-25)24(29)26(23(19)28)13-17-4-3-9-32-17/h5-8,10-11,17H,3-4,9,13H2,1-2H3/b19-11-. The topological polar surface area (TPSA) is 127 Å². The van der Waals surface area contributed by atoms with Crippen LogP contribution in [0.1, 0.15) is 31.1 Å². The van der Waals surface area contributed by atoms with Crippen LogP contribution in [0.2, 0.25) is 0 Å². The Balaban J connectivity index is 1.71. The van der Waals surface area contributed by atoms with Crippen LogP contribution in [0.25, 0.3) is 17.4 Å². The van der Waals surface area contributed by atoms with E-state index in [1.807, 2.05) is 6.07 Å². The summed E-state index contributed by atoms with van der Waals surface area (Å²) in [6, 6.07) is 9.87. The molecule has 0 bridgehead atoms. The number of hydrogen-bond donors (Lipinski definition) is 0. The van der Waals surface area contributed by atoms with Crippen molar-refractivity contribution < 1.29 is 23.7 Å². The maximum atomic E-state index is 13.2. The quantitative estimate of drug-likeness (QED) is 0.294. The number of ether oxygens (including phenoxy) is 1. The van der Waals surface area contributed by atoms with Gasteiger partial charge in [0.1, 0.15) is 23.2 Å². The van der Waals surface area contributed by atoms with Crippen molar-refractivity contribution in [3.63, 3.8) is 0 Å². The van der Waals surface area contributed by atoms with Crippen LogP contribution in [0, 0.1) is 28.4 Å². The van der Waals surface area contributed by atoms with Crippen LogP contribution in [-0.4, -0.2) is 40.9 Å². The number of carbonyl (C=O) groups excluding carboxylic acids is 2. The highest BCUT2D eigenvalue weighted by atomic mass is 16.6. The monoisotopic (exact) mass is 447 g/mol. The molecule has 33 heavy (non-hydrogen) atoms. The summed E-state index contributed by atoms with van der Waals surface area (Å²) in [5.41, 5.74) is 1.27. The summed E-state index contributed by atoms with van der Waals surface area (Å²) in [5.74, 6) is -0.633. The lowest BCUT2D eigenvalue weighted by atomic mass is 9.94. The second kappa shape index (κ2) is 8.84. The molecular formula is C24H21N3O6. The molecule has 2 aliphatic heterocycles. The van der Waals surface area contributed by atoms with Gasteiger partial charge in [-0.3, -0.25) is 24.6 Å². The predicted molar refractivity (Wildman–Crippen MR) is 118 cm³/mol. The van der Waals surface area contributed by atoms with Gasteiger partial charge in [0.2, 0.25) is 0 Å². The van der Waals surface area contributed by atoms with Crippen molar-refractivity contribution in [1.82, 2.24) is 4.90 Å². The molecule has 0 saturated carbocycles. The Morgan fingerprint density at radius 2 is 2.03 bits per heavy atom. The minimum absolute atomic E-state index is 0.0758. The zero-order valence-corrected chi connectivity index (χ0v) is 18.2. The van der Waals surface area contributed by atoms with Crippen LogP contribution in [0.3, 0.4) is 0 Å². The fraction of sp³-hybridized carbons (Fsp3) is 0.292. The summed E-state index contributed by atoms with van der Waals surface area (Å²) in [6.07, 6.45) is 2.78. The number of aryl methyl sites for hydroxylation is 1. The molecule has 1 unspecified atom stereocenters. The molecule has 168 valence electrons. The first-order valence-electron chi connectivity index (χ1n) is 10.5. The van der Waals surface area contributed by atoms with E-state index < -0.39 is 16.7 Å². The van der Waals surface area contributed by atoms with E-state index in [2.05, 4.69) is 0 Å². The zero-order chi connectivity index (χ0) is 23.7. The van der Waals surface area contributed by atoms with Crippen LogP contribution < -0.4 is 0 Å². The van der Waals surface area contributed by atoms with E-state index in [-0.39, 0.29) is 46.6 Å². The number of nitro benzene ring substituents is 1. The van der Waals surface area contributed by atoms with Crippen molar-refractivity contribution >= 4 is 23.6 Å². The molecule has 2 aromatic rings. The summed E-state index contributed by atoms with van der Waals surface area (Å²) in [5, 5.41) is 21.0. The van der Waals surface area contributed by atoms with Gasteiger partial charge in [-0.15, -0.1) is 0 Å². The Morgan fingerprint density at radius 3 is 2.70 bits per heavy atom.